The van der Waals surface area contributed by atoms with Crippen LogP contribution in [0.15, 0.2) is 4.99 Å². The maximum Gasteiger partial charge on any atom is 0.193 e. The number of hydrogen-bond donors (Lipinski definition) is 1. The first kappa shape index (κ1) is 18.5. The van der Waals surface area contributed by atoms with E-state index in [-0.39, 0.29) is 0 Å². The van der Waals surface area contributed by atoms with E-state index in [1.807, 2.05) is 0 Å². The quantitative estimate of drug-likeness (QED) is 0.576. The van der Waals surface area contributed by atoms with Crippen molar-refractivity contribution in [2.45, 2.75) is 64.5 Å². The van der Waals surface area contributed by atoms with Crippen LogP contribution in [0.2, 0.25) is 0 Å². The number of guanidine groups is 1. The van der Waals surface area contributed by atoms with Crippen LogP contribution in [0.3, 0.4) is 0 Å². The fourth-order valence-electron chi connectivity index (χ4n) is 3.74. The van der Waals surface area contributed by atoms with Gasteiger partial charge in [0.25, 0.3) is 0 Å². The Balaban J connectivity index is 1.78. The van der Waals surface area contributed by atoms with Crippen LogP contribution >= 0.6 is 0 Å². The first-order valence-electron chi connectivity index (χ1n) is 9.59. The molecule has 1 heterocycles. The number of nitrogens with one attached hydrogen (secondary N) is 1. The molecule has 0 atom stereocenters. The van der Waals surface area contributed by atoms with Gasteiger partial charge in [-0.05, 0) is 46.6 Å². The van der Waals surface area contributed by atoms with Gasteiger partial charge in [0.2, 0.25) is 0 Å². The summed E-state index contributed by atoms with van der Waals surface area (Å²) in [7, 11) is 2.26. The number of rotatable bonds is 7. The van der Waals surface area contributed by atoms with Crippen LogP contribution < -0.4 is 5.32 Å². The lowest BCUT2D eigenvalue weighted by molar-refractivity contribution is 0.0263. The van der Waals surface area contributed by atoms with Gasteiger partial charge in [0, 0.05) is 38.8 Å². The molecule has 134 valence electrons. The largest absolute Gasteiger partial charge is 0.378 e. The summed E-state index contributed by atoms with van der Waals surface area (Å²) in [5.74, 6) is 1.09. The molecular formula is C18H36N4O. The Morgan fingerprint density at radius 2 is 1.87 bits per heavy atom. The lowest BCUT2D eigenvalue weighted by atomic mass is 10.1. The van der Waals surface area contributed by atoms with Gasteiger partial charge in [-0.1, -0.05) is 12.8 Å². The zero-order valence-corrected chi connectivity index (χ0v) is 15.4. The molecule has 23 heavy (non-hydrogen) atoms. The second-order valence-corrected chi connectivity index (χ2v) is 6.80. The third-order valence-electron chi connectivity index (χ3n) is 5.14. The van der Waals surface area contributed by atoms with Gasteiger partial charge in [0.15, 0.2) is 5.96 Å². The van der Waals surface area contributed by atoms with Crippen LogP contribution in [0.4, 0.5) is 0 Å². The highest BCUT2D eigenvalue weighted by Crippen LogP contribution is 2.22. The minimum Gasteiger partial charge on any atom is -0.378 e. The van der Waals surface area contributed by atoms with Gasteiger partial charge in [0.05, 0.1) is 12.6 Å². The van der Waals surface area contributed by atoms with E-state index in [4.69, 9.17) is 9.73 Å². The Morgan fingerprint density at radius 3 is 2.48 bits per heavy atom. The minimum atomic E-state index is 0.438. The second-order valence-electron chi connectivity index (χ2n) is 6.80. The number of likely N-dealkylation sites (tertiary alicyclic amines) is 1. The van der Waals surface area contributed by atoms with E-state index in [1.165, 1.54) is 25.7 Å². The van der Waals surface area contributed by atoms with Crippen molar-refractivity contribution in [2.75, 3.05) is 46.4 Å². The van der Waals surface area contributed by atoms with Gasteiger partial charge < -0.3 is 19.9 Å². The molecule has 0 aromatic heterocycles. The summed E-state index contributed by atoms with van der Waals surface area (Å²) in [4.78, 5) is 9.77. The Kier molecular flexibility index (Phi) is 8.17. The van der Waals surface area contributed by atoms with Gasteiger partial charge in [-0.2, -0.15) is 0 Å². The van der Waals surface area contributed by atoms with Crippen LogP contribution in [0, 0.1) is 0 Å². The maximum atomic E-state index is 5.75. The zero-order chi connectivity index (χ0) is 16.5. The average molecular weight is 325 g/mol. The molecule has 0 aromatic carbocycles. The zero-order valence-electron chi connectivity index (χ0n) is 15.4. The van der Waals surface area contributed by atoms with E-state index in [1.54, 1.807) is 0 Å². The topological polar surface area (TPSA) is 40.1 Å². The van der Waals surface area contributed by atoms with Crippen molar-refractivity contribution in [3.8, 4) is 0 Å². The molecule has 0 bridgehead atoms. The Hall–Kier alpha value is -0.810. The van der Waals surface area contributed by atoms with Crippen LogP contribution in [0.5, 0.6) is 0 Å². The lowest BCUT2D eigenvalue weighted by Gasteiger charge is -2.34. The normalized spacial score (nSPS) is 21.4. The molecule has 0 aromatic rings. The number of piperidine rings is 1. The molecule has 2 aliphatic rings. The molecule has 1 saturated carbocycles. The highest BCUT2D eigenvalue weighted by atomic mass is 16.5. The van der Waals surface area contributed by atoms with Crippen LogP contribution in [0.25, 0.3) is 0 Å². The highest BCUT2D eigenvalue weighted by molar-refractivity contribution is 5.80. The van der Waals surface area contributed by atoms with Crippen molar-refractivity contribution in [1.82, 2.24) is 15.1 Å². The summed E-state index contributed by atoms with van der Waals surface area (Å²) in [6.45, 7) is 10.0. The van der Waals surface area contributed by atoms with Crippen molar-refractivity contribution in [3.63, 3.8) is 0 Å². The Morgan fingerprint density at radius 1 is 1.17 bits per heavy atom. The summed E-state index contributed by atoms with van der Waals surface area (Å²) in [6.07, 6.45) is 8.19. The molecule has 0 unspecified atom stereocenters. The lowest BCUT2D eigenvalue weighted by Crippen LogP contribution is -2.47. The first-order valence-corrected chi connectivity index (χ1v) is 9.59. The molecule has 5 heteroatoms. The van der Waals surface area contributed by atoms with Gasteiger partial charge in [-0.25, -0.2) is 0 Å². The molecule has 0 radical (unpaired) electrons. The summed E-state index contributed by atoms with van der Waals surface area (Å²) in [6, 6.07) is 0.787. The maximum absolute atomic E-state index is 5.75. The first-order chi connectivity index (χ1) is 11.2. The predicted molar refractivity (Wildman–Crippen MR) is 97.1 cm³/mol. The molecule has 1 aliphatic carbocycles. The second kappa shape index (κ2) is 10.1. The number of aliphatic imine (C=N–C) groups is 1. The van der Waals surface area contributed by atoms with E-state index < -0.39 is 0 Å². The van der Waals surface area contributed by atoms with Crippen molar-refractivity contribution in [2.24, 2.45) is 4.99 Å². The summed E-state index contributed by atoms with van der Waals surface area (Å²) < 4.78 is 5.75. The standard InChI is InChI=1S/C18H36N4O/c1-4-19-18(22-13-10-17(11-14-22)23-5-2)20-12-15-21(3)16-8-6-7-9-16/h16-17H,4-15H2,1-3H3,(H,19,20). The summed E-state index contributed by atoms with van der Waals surface area (Å²) in [5, 5.41) is 3.46. The Labute approximate surface area is 142 Å². The molecule has 2 fully saturated rings. The molecule has 5 nitrogen and oxygen atoms in total. The predicted octanol–water partition coefficient (Wildman–Crippen LogP) is 2.33. The molecule has 1 N–H and O–H groups in total. The average Bonchev–Trinajstić information content (AvgIpc) is 3.10. The van der Waals surface area contributed by atoms with E-state index in [2.05, 4.69) is 36.0 Å². The van der Waals surface area contributed by atoms with Crippen LogP contribution in [0.1, 0.15) is 52.4 Å². The number of nitrogens with zero attached hydrogens (tertiary/aromatic N) is 3. The molecular weight excluding hydrogens is 288 g/mol. The van der Waals surface area contributed by atoms with Crippen molar-refractivity contribution < 1.29 is 4.74 Å². The number of ether oxygens (including phenoxy) is 1. The smallest absolute Gasteiger partial charge is 0.193 e. The van der Waals surface area contributed by atoms with E-state index >= 15 is 0 Å². The van der Waals surface area contributed by atoms with E-state index in [9.17, 15) is 0 Å². The third-order valence-corrected chi connectivity index (χ3v) is 5.14. The molecule has 0 amide bonds. The fourth-order valence-corrected chi connectivity index (χ4v) is 3.74. The summed E-state index contributed by atoms with van der Waals surface area (Å²) in [5.41, 5.74) is 0. The molecule has 1 aliphatic heterocycles. The highest BCUT2D eigenvalue weighted by Gasteiger charge is 2.22. The third kappa shape index (κ3) is 5.96. The summed E-state index contributed by atoms with van der Waals surface area (Å²) >= 11 is 0. The monoisotopic (exact) mass is 324 g/mol. The van der Waals surface area contributed by atoms with Gasteiger partial charge in [-0.15, -0.1) is 0 Å². The van der Waals surface area contributed by atoms with Crippen molar-refractivity contribution in [1.29, 1.82) is 0 Å². The van der Waals surface area contributed by atoms with Gasteiger partial charge in [-0.3, -0.25) is 4.99 Å². The SMILES string of the molecule is CCNC(=NCCN(C)C1CCCC1)N1CCC(OCC)CC1. The van der Waals surface area contributed by atoms with Crippen molar-refractivity contribution >= 4 is 5.96 Å². The molecule has 2 rings (SSSR count). The van der Waals surface area contributed by atoms with Gasteiger partial charge >= 0.3 is 0 Å². The van der Waals surface area contributed by atoms with Crippen molar-refractivity contribution in [3.05, 3.63) is 0 Å². The number of likely N-dealkylation sites (N-methyl/N-ethyl adjacent to an activating group) is 1. The fraction of sp³-hybridized carbons (Fsp3) is 0.944. The number of hydrogen-bond acceptors (Lipinski definition) is 3. The molecule has 1 saturated heterocycles. The van der Waals surface area contributed by atoms with Crippen LogP contribution in [-0.2, 0) is 4.74 Å². The van der Waals surface area contributed by atoms with Crippen LogP contribution in [-0.4, -0.2) is 74.3 Å². The van der Waals surface area contributed by atoms with Gasteiger partial charge in [0.1, 0.15) is 0 Å². The Bertz CT molecular complexity index is 347. The van der Waals surface area contributed by atoms with E-state index in [0.717, 1.165) is 64.2 Å². The minimum absolute atomic E-state index is 0.438. The van der Waals surface area contributed by atoms with E-state index in [0.29, 0.717) is 6.10 Å². The molecule has 0 spiro atoms.